The number of aromatic nitrogens is 2. The number of nitrogens with zero attached hydrogens (tertiary/aromatic N) is 4. The number of carbonyl (C=O) groups is 2. The monoisotopic (exact) mass is 471 g/mol. The third-order valence-corrected chi connectivity index (χ3v) is 4.71. The summed E-state index contributed by atoms with van der Waals surface area (Å²) in [6.45, 7) is 10.3. The fraction of sp³-hybridized carbons (Fsp3) is 0.700. The summed E-state index contributed by atoms with van der Waals surface area (Å²) in [6.07, 6.45) is -1.16. The number of fused-ring (bicyclic) bond motifs is 1. The van der Waals surface area contributed by atoms with E-state index in [4.69, 9.17) is 25.8 Å². The van der Waals surface area contributed by atoms with Crippen molar-refractivity contribution in [1.29, 1.82) is 0 Å². The summed E-state index contributed by atoms with van der Waals surface area (Å²) in [5.74, 6) is 0.295. The number of amides is 2. The molecule has 0 radical (unpaired) electrons. The molecular formula is C20H30ClN5O6. The molecule has 2 N–H and O–H groups in total. The first-order chi connectivity index (χ1) is 14.8. The Hall–Kier alpha value is -2.37. The number of rotatable bonds is 3. The van der Waals surface area contributed by atoms with Gasteiger partial charge in [-0.2, -0.15) is 14.9 Å². The number of imide groups is 1. The molecule has 3 rings (SSSR count). The largest absolute Gasteiger partial charge is 0.443 e. The molecule has 2 unspecified atom stereocenters. The maximum absolute atomic E-state index is 13.0. The number of anilines is 3. The van der Waals surface area contributed by atoms with Crippen LogP contribution in [0, 0.1) is 0 Å². The molecule has 32 heavy (non-hydrogen) atoms. The molecule has 2 amide bonds. The number of aliphatic hydroxyl groups excluding tert-OH is 1. The number of nitrogens with one attached hydrogen (secondary N) is 1. The third kappa shape index (κ3) is 5.51. The van der Waals surface area contributed by atoms with E-state index in [1.54, 1.807) is 41.5 Å². The fourth-order valence-electron chi connectivity index (χ4n) is 3.33. The Labute approximate surface area is 192 Å². The zero-order chi connectivity index (χ0) is 23.8. The van der Waals surface area contributed by atoms with Crippen LogP contribution in [0.5, 0.6) is 0 Å². The number of aliphatic hydroxyl groups is 1. The van der Waals surface area contributed by atoms with Gasteiger partial charge in [0.05, 0.1) is 19.4 Å². The molecule has 178 valence electrons. The molecule has 3 heterocycles. The topological polar surface area (TPSA) is 126 Å². The van der Waals surface area contributed by atoms with Gasteiger partial charge < -0.3 is 29.5 Å². The van der Waals surface area contributed by atoms with E-state index >= 15 is 0 Å². The minimum atomic E-state index is -0.957. The Morgan fingerprint density at radius 2 is 1.75 bits per heavy atom. The van der Waals surface area contributed by atoms with Gasteiger partial charge in [-0.25, -0.2) is 9.59 Å². The van der Waals surface area contributed by atoms with E-state index < -0.39 is 23.4 Å². The molecule has 2 aliphatic heterocycles. The van der Waals surface area contributed by atoms with E-state index in [0.717, 1.165) is 0 Å². The van der Waals surface area contributed by atoms with Gasteiger partial charge in [0.1, 0.15) is 23.1 Å². The van der Waals surface area contributed by atoms with Crippen molar-refractivity contribution in [2.24, 2.45) is 0 Å². The molecule has 11 nitrogen and oxygen atoms in total. The highest BCUT2D eigenvalue weighted by Gasteiger charge is 2.41. The first-order valence-corrected chi connectivity index (χ1v) is 10.8. The Balaban J connectivity index is 2.01. The molecule has 0 spiro atoms. The third-order valence-electron chi connectivity index (χ3n) is 4.54. The van der Waals surface area contributed by atoms with E-state index in [1.165, 1.54) is 0 Å². The SMILES string of the molecule is CC(C)(C)OC(=O)N(C(=O)OC(C)(C)C)c1nc(Cl)nc2c1NCN2C1CCC(CO)O1. The standard InChI is InChI=1S/C20H30ClN5O6/c1-19(2,3)31-17(28)26(18(29)32-20(4,5)6)15-13-14(23-16(21)24-15)25(10-22-13)12-8-7-11(9-27)30-12/h11-12,22,27H,7-10H2,1-6H3. The van der Waals surface area contributed by atoms with Crippen LogP contribution in [0.25, 0.3) is 0 Å². The van der Waals surface area contributed by atoms with Crippen molar-refractivity contribution in [3.8, 4) is 0 Å². The lowest BCUT2D eigenvalue weighted by Gasteiger charge is -2.29. The van der Waals surface area contributed by atoms with Gasteiger partial charge in [-0.1, -0.05) is 0 Å². The lowest BCUT2D eigenvalue weighted by atomic mass is 10.2. The van der Waals surface area contributed by atoms with Gasteiger partial charge in [-0.3, -0.25) is 0 Å². The minimum Gasteiger partial charge on any atom is -0.443 e. The maximum atomic E-state index is 13.0. The highest BCUT2D eigenvalue weighted by atomic mass is 35.5. The Morgan fingerprint density at radius 3 is 2.25 bits per heavy atom. The second-order valence-corrected chi connectivity index (χ2v) is 9.93. The quantitative estimate of drug-likeness (QED) is 0.632. The van der Waals surface area contributed by atoms with Crippen LogP contribution < -0.4 is 15.1 Å². The molecule has 0 aromatic carbocycles. The normalized spacial score (nSPS) is 20.6. The highest BCUT2D eigenvalue weighted by molar-refractivity contribution is 6.29. The van der Waals surface area contributed by atoms with Crippen molar-refractivity contribution in [2.45, 2.75) is 77.9 Å². The van der Waals surface area contributed by atoms with Crippen LogP contribution in [0.2, 0.25) is 5.28 Å². The zero-order valence-electron chi connectivity index (χ0n) is 19.1. The maximum Gasteiger partial charge on any atom is 0.425 e. The average Bonchev–Trinajstić information content (AvgIpc) is 3.24. The summed E-state index contributed by atoms with van der Waals surface area (Å²) in [5.41, 5.74) is -1.41. The van der Waals surface area contributed by atoms with Gasteiger partial charge in [0.15, 0.2) is 11.6 Å². The van der Waals surface area contributed by atoms with Gasteiger partial charge >= 0.3 is 12.2 Å². The van der Waals surface area contributed by atoms with Crippen LogP contribution in [0.15, 0.2) is 0 Å². The van der Waals surface area contributed by atoms with Gasteiger partial charge in [0, 0.05) is 0 Å². The predicted octanol–water partition coefficient (Wildman–Crippen LogP) is 3.49. The smallest absolute Gasteiger partial charge is 0.425 e. The predicted molar refractivity (Wildman–Crippen MR) is 118 cm³/mol. The van der Waals surface area contributed by atoms with Crippen molar-refractivity contribution in [2.75, 3.05) is 28.4 Å². The number of hydrogen-bond donors (Lipinski definition) is 2. The number of ether oxygens (including phenoxy) is 3. The summed E-state index contributed by atoms with van der Waals surface area (Å²) >= 11 is 6.19. The van der Waals surface area contributed by atoms with Crippen LogP contribution in [-0.4, -0.2) is 64.1 Å². The molecule has 0 saturated carbocycles. The van der Waals surface area contributed by atoms with E-state index in [1.807, 2.05) is 4.90 Å². The molecule has 1 fully saturated rings. The van der Waals surface area contributed by atoms with Crippen LogP contribution >= 0.6 is 11.6 Å². The van der Waals surface area contributed by atoms with Crippen LogP contribution in [0.3, 0.4) is 0 Å². The Bertz CT molecular complexity index is 856. The molecule has 0 aliphatic carbocycles. The zero-order valence-corrected chi connectivity index (χ0v) is 19.9. The summed E-state index contributed by atoms with van der Waals surface area (Å²) < 4.78 is 16.7. The molecule has 1 saturated heterocycles. The van der Waals surface area contributed by atoms with Crippen molar-refractivity contribution < 1.29 is 28.9 Å². The van der Waals surface area contributed by atoms with Crippen LogP contribution in [0.4, 0.5) is 26.9 Å². The second-order valence-electron chi connectivity index (χ2n) is 9.59. The van der Waals surface area contributed by atoms with Gasteiger partial charge in [-0.15, -0.1) is 0 Å². The molecule has 1 aromatic heterocycles. The van der Waals surface area contributed by atoms with Crippen LogP contribution in [-0.2, 0) is 14.2 Å². The van der Waals surface area contributed by atoms with Crippen molar-refractivity contribution in [1.82, 2.24) is 9.97 Å². The number of carbonyl (C=O) groups excluding carboxylic acids is 2. The molecular weight excluding hydrogens is 442 g/mol. The Kier molecular flexibility index (Phi) is 6.73. The molecule has 1 aromatic rings. The summed E-state index contributed by atoms with van der Waals surface area (Å²) in [6, 6.07) is 0. The minimum absolute atomic E-state index is 0.0779. The average molecular weight is 472 g/mol. The summed E-state index contributed by atoms with van der Waals surface area (Å²) in [7, 11) is 0. The van der Waals surface area contributed by atoms with E-state index in [-0.39, 0.29) is 36.7 Å². The lowest BCUT2D eigenvalue weighted by Crippen LogP contribution is -2.44. The number of hydrogen-bond acceptors (Lipinski definition) is 10. The Morgan fingerprint density at radius 1 is 1.16 bits per heavy atom. The van der Waals surface area contributed by atoms with Crippen molar-refractivity contribution in [3.05, 3.63) is 5.28 Å². The van der Waals surface area contributed by atoms with E-state index in [9.17, 15) is 14.7 Å². The van der Waals surface area contributed by atoms with E-state index in [2.05, 4.69) is 15.3 Å². The van der Waals surface area contributed by atoms with Gasteiger partial charge in [-0.05, 0) is 66.0 Å². The molecule has 12 heteroatoms. The first kappa shape index (κ1) is 24.3. The van der Waals surface area contributed by atoms with Crippen LogP contribution in [0.1, 0.15) is 54.4 Å². The summed E-state index contributed by atoms with van der Waals surface area (Å²) in [4.78, 5) is 37.0. The molecule has 0 bridgehead atoms. The molecule has 2 aliphatic rings. The molecule has 2 atom stereocenters. The lowest BCUT2D eigenvalue weighted by molar-refractivity contribution is 0.0115. The van der Waals surface area contributed by atoms with Gasteiger partial charge in [0.25, 0.3) is 0 Å². The van der Waals surface area contributed by atoms with Crippen molar-refractivity contribution in [3.63, 3.8) is 0 Å². The summed E-state index contributed by atoms with van der Waals surface area (Å²) in [5, 5.41) is 12.3. The fourth-order valence-corrected chi connectivity index (χ4v) is 3.49. The van der Waals surface area contributed by atoms with E-state index in [0.29, 0.717) is 29.2 Å². The highest BCUT2D eigenvalue weighted by Crippen LogP contribution is 2.41. The van der Waals surface area contributed by atoms with Gasteiger partial charge in [0.2, 0.25) is 5.28 Å². The second kappa shape index (κ2) is 8.87. The first-order valence-electron chi connectivity index (χ1n) is 10.4. The number of halogens is 1. The van der Waals surface area contributed by atoms with Crippen molar-refractivity contribution >= 4 is 41.1 Å².